The van der Waals surface area contributed by atoms with E-state index in [1.807, 2.05) is 37.3 Å². The number of hydrogen-bond donors (Lipinski definition) is 4. The lowest BCUT2D eigenvalue weighted by Gasteiger charge is -2.15. The van der Waals surface area contributed by atoms with Gasteiger partial charge in [0.1, 0.15) is 5.82 Å². The summed E-state index contributed by atoms with van der Waals surface area (Å²) in [5.74, 6) is 0.731. The molecule has 3 rings (SSSR count). The van der Waals surface area contributed by atoms with Gasteiger partial charge in [-0.3, -0.25) is 10.4 Å². The zero-order valence-corrected chi connectivity index (χ0v) is 16.6. The molecule has 3 aromatic rings. The number of fused-ring (bicyclic) bond motifs is 1. The molecule has 0 aliphatic rings. The van der Waals surface area contributed by atoms with Gasteiger partial charge in [-0.2, -0.15) is 0 Å². The number of aromatic nitrogens is 3. The highest BCUT2D eigenvalue weighted by molar-refractivity contribution is 5.93. The molecule has 0 bridgehead atoms. The molecule has 29 heavy (non-hydrogen) atoms. The first-order valence-electron chi connectivity index (χ1n) is 9.28. The van der Waals surface area contributed by atoms with Gasteiger partial charge in [0.15, 0.2) is 0 Å². The van der Waals surface area contributed by atoms with E-state index in [-0.39, 0.29) is 25.3 Å². The summed E-state index contributed by atoms with van der Waals surface area (Å²) in [6, 6.07) is 10.8. The Morgan fingerprint density at radius 1 is 1.28 bits per heavy atom. The molecule has 2 heterocycles. The molecule has 0 saturated heterocycles. The first-order valence-corrected chi connectivity index (χ1v) is 9.28. The van der Waals surface area contributed by atoms with Crippen molar-refractivity contribution < 1.29 is 19.4 Å². The predicted octanol–water partition coefficient (Wildman–Crippen LogP) is 2.75. The van der Waals surface area contributed by atoms with Gasteiger partial charge in [0.25, 0.3) is 0 Å². The van der Waals surface area contributed by atoms with Crippen molar-refractivity contribution in [2.24, 2.45) is 0 Å². The molecule has 2 atom stereocenters. The van der Waals surface area contributed by atoms with Crippen molar-refractivity contribution in [1.82, 2.24) is 20.5 Å². The van der Waals surface area contributed by atoms with Crippen LogP contribution in [0.25, 0.3) is 10.9 Å². The number of ether oxygens (including phenoxy) is 2. The smallest absolute Gasteiger partial charge is 0.320 e. The van der Waals surface area contributed by atoms with Crippen LogP contribution in [0.4, 0.5) is 10.6 Å². The van der Waals surface area contributed by atoms with Crippen LogP contribution in [-0.2, 0) is 11.3 Å². The lowest BCUT2D eigenvalue weighted by atomic mass is 10.1. The fourth-order valence-corrected chi connectivity index (χ4v) is 2.91. The molecule has 9 heteroatoms. The van der Waals surface area contributed by atoms with Crippen molar-refractivity contribution in [1.29, 1.82) is 0 Å². The standard InChI is InChI=1S/C20H25N5O4/c1-12(26)10-29-11-16-18-15(24-25-19(18)28-3)9-17(22-16)23-20(27)21-13(2)14-7-5-4-6-8-14/h4-9,12-13,26H,10-11H2,1-3H3,(H,24,25)(H2,21,22,23,27)/t12?,13-/m1/s1. The molecule has 9 nitrogen and oxygen atoms in total. The maximum atomic E-state index is 12.4. The number of carbonyl (C=O) groups is 1. The van der Waals surface area contributed by atoms with Crippen molar-refractivity contribution in [3.05, 3.63) is 47.7 Å². The molecule has 1 unspecified atom stereocenters. The Kier molecular flexibility index (Phi) is 6.63. The second-order valence-corrected chi connectivity index (χ2v) is 6.70. The van der Waals surface area contributed by atoms with E-state index in [9.17, 15) is 9.90 Å². The Bertz CT molecular complexity index is 958. The van der Waals surface area contributed by atoms with Crippen molar-refractivity contribution in [3.8, 4) is 5.88 Å². The molecular weight excluding hydrogens is 374 g/mol. The number of nitrogens with one attached hydrogen (secondary N) is 3. The number of hydrogen-bond acceptors (Lipinski definition) is 6. The van der Waals surface area contributed by atoms with Crippen molar-refractivity contribution in [2.45, 2.75) is 32.6 Å². The fourth-order valence-electron chi connectivity index (χ4n) is 2.91. The van der Waals surface area contributed by atoms with Gasteiger partial charge in [0, 0.05) is 6.07 Å². The normalized spacial score (nSPS) is 13.1. The molecule has 154 valence electrons. The highest BCUT2D eigenvalue weighted by atomic mass is 16.5. The SMILES string of the molecule is COc1n[nH]c2cc(NC(=O)N[C@H](C)c3ccccc3)nc(COCC(C)O)c12. The number of anilines is 1. The monoisotopic (exact) mass is 399 g/mol. The zero-order chi connectivity index (χ0) is 20.8. The second-order valence-electron chi connectivity index (χ2n) is 6.70. The van der Waals surface area contributed by atoms with Gasteiger partial charge < -0.3 is 19.9 Å². The van der Waals surface area contributed by atoms with E-state index in [1.54, 1.807) is 13.0 Å². The van der Waals surface area contributed by atoms with E-state index >= 15 is 0 Å². The molecule has 2 aromatic heterocycles. The van der Waals surface area contributed by atoms with E-state index in [1.165, 1.54) is 7.11 Å². The number of urea groups is 1. The molecule has 0 saturated carbocycles. The van der Waals surface area contributed by atoms with Crippen LogP contribution in [0.2, 0.25) is 0 Å². The van der Waals surface area contributed by atoms with Crippen molar-refractivity contribution in [3.63, 3.8) is 0 Å². The third-order valence-corrected chi connectivity index (χ3v) is 4.27. The lowest BCUT2D eigenvalue weighted by molar-refractivity contribution is 0.0368. The van der Waals surface area contributed by atoms with Crippen molar-refractivity contribution >= 4 is 22.8 Å². The van der Waals surface area contributed by atoms with Crippen LogP contribution in [0.15, 0.2) is 36.4 Å². The van der Waals surface area contributed by atoms with Crippen molar-refractivity contribution in [2.75, 3.05) is 19.0 Å². The average Bonchev–Trinajstić information content (AvgIpc) is 3.11. The first kappa shape index (κ1) is 20.6. The lowest BCUT2D eigenvalue weighted by Crippen LogP contribution is -2.31. The summed E-state index contributed by atoms with van der Waals surface area (Å²) in [6.45, 7) is 3.84. The summed E-state index contributed by atoms with van der Waals surface area (Å²) in [5, 5.41) is 22.7. The van der Waals surface area contributed by atoms with Crippen LogP contribution in [0, 0.1) is 0 Å². The van der Waals surface area contributed by atoms with Crippen LogP contribution in [0.5, 0.6) is 5.88 Å². The number of aliphatic hydroxyl groups is 1. The highest BCUT2D eigenvalue weighted by Crippen LogP contribution is 2.28. The number of pyridine rings is 1. The van der Waals surface area contributed by atoms with Gasteiger partial charge in [0.2, 0.25) is 5.88 Å². The number of amides is 2. The van der Waals surface area contributed by atoms with Crippen LogP contribution in [0.3, 0.4) is 0 Å². The third-order valence-electron chi connectivity index (χ3n) is 4.27. The van der Waals surface area contributed by atoms with E-state index < -0.39 is 6.10 Å². The summed E-state index contributed by atoms with van der Waals surface area (Å²) >= 11 is 0. The number of carbonyl (C=O) groups excluding carboxylic acids is 1. The molecule has 0 fully saturated rings. The maximum Gasteiger partial charge on any atom is 0.320 e. The Morgan fingerprint density at radius 2 is 2.03 bits per heavy atom. The number of aromatic amines is 1. The molecule has 2 amide bonds. The molecule has 1 aromatic carbocycles. The topological polar surface area (TPSA) is 121 Å². The van der Waals surface area contributed by atoms with E-state index in [0.29, 0.717) is 28.3 Å². The molecule has 0 aliphatic heterocycles. The van der Waals surface area contributed by atoms with Crippen LogP contribution < -0.4 is 15.4 Å². The fraction of sp³-hybridized carbons (Fsp3) is 0.350. The largest absolute Gasteiger partial charge is 0.479 e. The Morgan fingerprint density at radius 3 is 2.72 bits per heavy atom. The molecule has 4 N–H and O–H groups in total. The average molecular weight is 399 g/mol. The first-order chi connectivity index (χ1) is 14.0. The summed E-state index contributed by atoms with van der Waals surface area (Å²) in [7, 11) is 1.51. The Balaban J connectivity index is 1.77. The number of benzene rings is 1. The van der Waals surface area contributed by atoms with Gasteiger partial charge in [0.05, 0.1) is 49.1 Å². The maximum absolute atomic E-state index is 12.4. The highest BCUT2D eigenvalue weighted by Gasteiger charge is 2.17. The minimum absolute atomic E-state index is 0.134. The molecular formula is C20H25N5O4. The summed E-state index contributed by atoms with van der Waals surface area (Å²) in [6.07, 6.45) is -0.594. The van der Waals surface area contributed by atoms with E-state index in [2.05, 4.69) is 25.8 Å². The van der Waals surface area contributed by atoms with Gasteiger partial charge in [-0.05, 0) is 19.4 Å². The van der Waals surface area contributed by atoms with Gasteiger partial charge in [-0.15, -0.1) is 5.10 Å². The minimum atomic E-state index is -0.594. The molecule has 0 spiro atoms. The number of rotatable bonds is 8. The van der Waals surface area contributed by atoms with Crippen LogP contribution in [-0.4, -0.2) is 46.1 Å². The molecule has 0 aliphatic carbocycles. The number of H-pyrrole nitrogens is 1. The summed E-state index contributed by atoms with van der Waals surface area (Å²) < 4.78 is 10.8. The predicted molar refractivity (Wildman–Crippen MR) is 109 cm³/mol. The Hall–Kier alpha value is -3.17. The summed E-state index contributed by atoms with van der Waals surface area (Å²) in [4.78, 5) is 16.9. The number of methoxy groups -OCH3 is 1. The van der Waals surface area contributed by atoms with E-state index in [4.69, 9.17) is 9.47 Å². The van der Waals surface area contributed by atoms with Gasteiger partial charge in [-0.25, -0.2) is 9.78 Å². The van der Waals surface area contributed by atoms with E-state index in [0.717, 1.165) is 5.56 Å². The number of nitrogens with zero attached hydrogens (tertiary/aromatic N) is 2. The second kappa shape index (κ2) is 9.35. The van der Waals surface area contributed by atoms with Crippen LogP contribution in [0.1, 0.15) is 31.1 Å². The zero-order valence-electron chi connectivity index (χ0n) is 16.6. The Labute approximate surface area is 168 Å². The third kappa shape index (κ3) is 5.21. The van der Waals surface area contributed by atoms with Gasteiger partial charge >= 0.3 is 6.03 Å². The van der Waals surface area contributed by atoms with Gasteiger partial charge in [-0.1, -0.05) is 30.3 Å². The number of aliphatic hydroxyl groups excluding tert-OH is 1. The van der Waals surface area contributed by atoms with Crippen LogP contribution >= 0.6 is 0 Å². The molecule has 0 radical (unpaired) electrons. The minimum Gasteiger partial charge on any atom is -0.479 e. The summed E-state index contributed by atoms with van der Waals surface area (Å²) in [5.41, 5.74) is 2.19. The quantitative estimate of drug-likeness (QED) is 0.462.